The molecule has 3 unspecified atom stereocenters. The zero-order valence-electron chi connectivity index (χ0n) is 20.8. The number of ether oxygens (including phenoxy) is 3. The highest BCUT2D eigenvalue weighted by Gasteiger charge is 2.77. The van der Waals surface area contributed by atoms with Crippen LogP contribution in [0.3, 0.4) is 0 Å². The lowest BCUT2D eigenvalue weighted by Crippen LogP contribution is -2.59. The number of esters is 1. The van der Waals surface area contributed by atoms with E-state index in [0.29, 0.717) is 39.1 Å². The van der Waals surface area contributed by atoms with Gasteiger partial charge in [-0.25, -0.2) is 0 Å². The summed E-state index contributed by atoms with van der Waals surface area (Å²) in [6.45, 7) is 9.76. The summed E-state index contributed by atoms with van der Waals surface area (Å²) in [6, 6.07) is -1.47. The van der Waals surface area contributed by atoms with Crippen LogP contribution in [0.25, 0.3) is 0 Å². The van der Waals surface area contributed by atoms with E-state index in [-0.39, 0.29) is 35.8 Å². The summed E-state index contributed by atoms with van der Waals surface area (Å²) in [5, 5.41) is 13.3. The van der Waals surface area contributed by atoms with Crippen LogP contribution in [0.2, 0.25) is 0 Å². The third kappa shape index (κ3) is 4.86. The first-order valence-electron chi connectivity index (χ1n) is 12.7. The molecular formula is C24H38BrN3O7. The van der Waals surface area contributed by atoms with E-state index in [1.54, 1.807) is 6.92 Å². The molecule has 0 aliphatic carbocycles. The number of nitrogens with one attached hydrogen (secondary N) is 1. The predicted molar refractivity (Wildman–Crippen MR) is 130 cm³/mol. The van der Waals surface area contributed by atoms with Crippen molar-refractivity contribution in [3.05, 3.63) is 0 Å². The molecule has 7 atom stereocenters. The van der Waals surface area contributed by atoms with Crippen molar-refractivity contribution in [3.63, 3.8) is 0 Å². The van der Waals surface area contributed by atoms with Gasteiger partial charge in [-0.05, 0) is 25.7 Å². The number of amides is 2. The maximum atomic E-state index is 13.9. The van der Waals surface area contributed by atoms with Gasteiger partial charge in [-0.15, -0.1) is 0 Å². The average Bonchev–Trinajstić information content (AvgIpc) is 3.41. The molecule has 1 spiro atoms. The van der Waals surface area contributed by atoms with Crippen LogP contribution in [0.5, 0.6) is 0 Å². The van der Waals surface area contributed by atoms with Gasteiger partial charge in [0.05, 0.1) is 50.4 Å². The Morgan fingerprint density at radius 1 is 1.31 bits per heavy atom. The molecule has 4 aliphatic heterocycles. The van der Waals surface area contributed by atoms with Gasteiger partial charge in [0.15, 0.2) is 0 Å². The summed E-state index contributed by atoms with van der Waals surface area (Å²) in [6.07, 6.45) is 0.432. The highest BCUT2D eigenvalue weighted by atomic mass is 79.9. The third-order valence-corrected chi connectivity index (χ3v) is 8.56. The minimum absolute atomic E-state index is 0.178. The number of hydrogen-bond donors (Lipinski definition) is 2. The lowest BCUT2D eigenvalue weighted by molar-refractivity contribution is -0.155. The van der Waals surface area contributed by atoms with E-state index in [2.05, 4.69) is 26.1 Å². The Kier molecular flexibility index (Phi) is 8.42. The number of aliphatic hydroxyl groups is 1. The molecule has 4 saturated heterocycles. The topological polar surface area (TPSA) is 118 Å². The van der Waals surface area contributed by atoms with Gasteiger partial charge in [-0.1, -0.05) is 29.8 Å². The van der Waals surface area contributed by atoms with Crippen LogP contribution >= 0.6 is 15.9 Å². The molecule has 11 heteroatoms. The smallest absolute Gasteiger partial charge is 0.312 e. The molecule has 0 aromatic rings. The fourth-order valence-electron chi connectivity index (χ4n) is 6.35. The van der Waals surface area contributed by atoms with Crippen molar-refractivity contribution >= 4 is 33.7 Å². The van der Waals surface area contributed by atoms with E-state index < -0.39 is 41.6 Å². The molecule has 2 N–H and O–H groups in total. The number of hydrogen-bond acceptors (Lipinski definition) is 8. The first-order valence-corrected chi connectivity index (χ1v) is 13.7. The molecule has 2 bridgehead atoms. The number of carbonyl (C=O) groups excluding carboxylic acids is 3. The average molecular weight is 560 g/mol. The fourth-order valence-corrected chi connectivity index (χ4v) is 7.29. The summed E-state index contributed by atoms with van der Waals surface area (Å²) < 4.78 is 17.1. The minimum Gasteiger partial charge on any atom is -0.466 e. The van der Waals surface area contributed by atoms with E-state index in [1.165, 1.54) is 4.90 Å². The van der Waals surface area contributed by atoms with Gasteiger partial charge in [0, 0.05) is 31.0 Å². The monoisotopic (exact) mass is 559 g/mol. The van der Waals surface area contributed by atoms with Gasteiger partial charge < -0.3 is 29.5 Å². The maximum Gasteiger partial charge on any atom is 0.312 e. The van der Waals surface area contributed by atoms with E-state index >= 15 is 0 Å². The number of morpholine rings is 1. The summed E-state index contributed by atoms with van der Waals surface area (Å²) >= 11 is 3.64. The third-order valence-electron chi connectivity index (χ3n) is 7.71. The summed E-state index contributed by atoms with van der Waals surface area (Å²) in [5.74, 6) is -2.48. The number of alkyl halides is 1. The number of likely N-dealkylation sites (tertiary alicyclic amines) is 1. The van der Waals surface area contributed by atoms with Crippen molar-refractivity contribution in [2.75, 3.05) is 52.6 Å². The number of halogens is 1. The Morgan fingerprint density at radius 3 is 2.66 bits per heavy atom. The molecule has 0 aromatic carbocycles. The number of rotatable bonds is 10. The highest BCUT2D eigenvalue weighted by Crippen LogP contribution is 2.60. The molecule has 4 aliphatic rings. The van der Waals surface area contributed by atoms with Crippen LogP contribution < -0.4 is 5.32 Å². The van der Waals surface area contributed by atoms with Gasteiger partial charge in [-0.2, -0.15) is 0 Å². The second-order valence-electron chi connectivity index (χ2n) is 10.4. The standard InChI is InChI=1S/C24H38BrN3O7/c1-4-34-23(32)17-18-22(31)28(15(13-29)11-14(2)3)20(24(18)12-16(25)19(17)35-24)21(30)26-5-6-27-7-9-33-10-8-27/h14-20,29H,4-13H2,1-3H3,(H,26,30)/t15-,16?,17-,18+,19-,20?,24?/m1/s1. The number of fused-ring (bicyclic) bond motifs is 1. The Hall–Kier alpha value is -1.27. The van der Waals surface area contributed by atoms with Crippen molar-refractivity contribution in [2.45, 2.75) is 62.2 Å². The second-order valence-corrected chi connectivity index (χ2v) is 11.5. The van der Waals surface area contributed by atoms with Crippen molar-refractivity contribution in [1.82, 2.24) is 15.1 Å². The number of aliphatic hydroxyl groups excluding tert-OH is 1. The fraction of sp³-hybridized carbons (Fsp3) is 0.875. The molecule has 35 heavy (non-hydrogen) atoms. The van der Waals surface area contributed by atoms with Gasteiger partial charge in [0.1, 0.15) is 11.6 Å². The predicted octanol–water partition coefficient (Wildman–Crippen LogP) is 0.153. The van der Waals surface area contributed by atoms with Crippen molar-refractivity contribution in [1.29, 1.82) is 0 Å². The quantitative estimate of drug-likeness (QED) is 0.287. The second kappa shape index (κ2) is 11.0. The Morgan fingerprint density at radius 2 is 2.03 bits per heavy atom. The van der Waals surface area contributed by atoms with Crippen molar-refractivity contribution < 1.29 is 33.7 Å². The van der Waals surface area contributed by atoms with E-state index in [1.807, 2.05) is 13.8 Å². The lowest BCUT2D eigenvalue weighted by Gasteiger charge is -2.37. The summed E-state index contributed by atoms with van der Waals surface area (Å²) in [4.78, 5) is 44.2. The normalized spacial score (nSPS) is 35.4. The van der Waals surface area contributed by atoms with E-state index in [0.717, 1.165) is 13.1 Å². The summed E-state index contributed by atoms with van der Waals surface area (Å²) in [7, 11) is 0. The van der Waals surface area contributed by atoms with Crippen LogP contribution in [0.15, 0.2) is 0 Å². The molecule has 10 nitrogen and oxygen atoms in total. The molecule has 4 heterocycles. The van der Waals surface area contributed by atoms with Gasteiger partial charge >= 0.3 is 5.97 Å². The van der Waals surface area contributed by atoms with E-state index in [9.17, 15) is 19.5 Å². The Balaban J connectivity index is 1.62. The van der Waals surface area contributed by atoms with Crippen LogP contribution in [-0.2, 0) is 28.6 Å². The molecule has 0 saturated carbocycles. The van der Waals surface area contributed by atoms with Crippen molar-refractivity contribution in [2.24, 2.45) is 17.8 Å². The Bertz CT molecular complexity index is 808. The van der Waals surface area contributed by atoms with Crippen LogP contribution in [-0.4, -0.2) is 114 Å². The summed E-state index contributed by atoms with van der Waals surface area (Å²) in [5.41, 5.74) is -1.14. The number of carbonyl (C=O) groups is 3. The lowest BCUT2D eigenvalue weighted by atomic mass is 9.70. The Labute approximate surface area is 215 Å². The molecule has 198 valence electrons. The van der Waals surface area contributed by atoms with Crippen LogP contribution in [0, 0.1) is 17.8 Å². The zero-order chi connectivity index (χ0) is 25.3. The number of nitrogens with zero attached hydrogens (tertiary/aromatic N) is 2. The first kappa shape index (κ1) is 26.8. The minimum atomic E-state index is -1.14. The van der Waals surface area contributed by atoms with Crippen LogP contribution in [0.1, 0.15) is 33.6 Å². The largest absolute Gasteiger partial charge is 0.466 e. The molecule has 0 radical (unpaired) electrons. The SMILES string of the molecule is CCOC(=O)[C@H]1[C@@H]2OC3(CC2Br)C(C(=O)NCCN2CCOCC2)N([C@@H](CO)CC(C)C)C(=O)[C@H]13. The molecule has 4 fully saturated rings. The van der Waals surface area contributed by atoms with Crippen molar-refractivity contribution in [3.8, 4) is 0 Å². The van der Waals surface area contributed by atoms with Gasteiger partial charge in [0.2, 0.25) is 11.8 Å². The van der Waals surface area contributed by atoms with E-state index in [4.69, 9.17) is 14.2 Å². The molecule has 0 aromatic heterocycles. The first-order chi connectivity index (χ1) is 16.7. The van der Waals surface area contributed by atoms with Gasteiger partial charge in [0.25, 0.3) is 0 Å². The molecule has 2 amide bonds. The maximum absolute atomic E-state index is 13.9. The molecule has 4 rings (SSSR count). The van der Waals surface area contributed by atoms with Crippen LogP contribution in [0.4, 0.5) is 0 Å². The molecular weight excluding hydrogens is 522 g/mol. The highest BCUT2D eigenvalue weighted by molar-refractivity contribution is 9.09. The van der Waals surface area contributed by atoms with Gasteiger partial charge in [-0.3, -0.25) is 19.3 Å². The zero-order valence-corrected chi connectivity index (χ0v) is 22.4.